The van der Waals surface area contributed by atoms with Gasteiger partial charge in [0.05, 0.1) is 12.1 Å². The molecule has 0 radical (unpaired) electrons. The summed E-state index contributed by atoms with van der Waals surface area (Å²) in [5.41, 5.74) is 0.569. The van der Waals surface area contributed by atoms with Crippen LogP contribution in [0.1, 0.15) is 18.4 Å². The Labute approximate surface area is 97.8 Å². The lowest BCUT2D eigenvalue weighted by Crippen LogP contribution is -1.98. The molecule has 1 aromatic rings. The highest BCUT2D eigenvalue weighted by molar-refractivity contribution is 6.32. The van der Waals surface area contributed by atoms with Crippen LogP contribution < -0.4 is 4.74 Å². The van der Waals surface area contributed by atoms with Crippen molar-refractivity contribution < 1.29 is 19.0 Å². The third-order valence-corrected chi connectivity index (χ3v) is 2.57. The van der Waals surface area contributed by atoms with E-state index in [1.807, 2.05) is 0 Å². The van der Waals surface area contributed by atoms with Crippen molar-refractivity contribution in [2.24, 2.45) is 0 Å². The predicted octanol–water partition coefficient (Wildman–Crippen LogP) is 2.90. The molecule has 0 aliphatic rings. The molecule has 1 rings (SSSR count). The van der Waals surface area contributed by atoms with Crippen molar-refractivity contribution in [1.82, 2.24) is 0 Å². The number of aryl methyl sites for hydroxylation is 1. The molecule has 0 aliphatic carbocycles. The van der Waals surface area contributed by atoms with E-state index in [1.165, 1.54) is 19.2 Å². The van der Waals surface area contributed by atoms with Crippen LogP contribution in [-0.2, 0) is 11.2 Å². The molecule has 0 spiro atoms. The standard InChI is InChI=1S/C11H12ClFO3/c1-16-9-6-8(13)5-7(11(9)12)3-2-4-10(14)15/h5-6H,2-4H2,1H3,(H,14,15). The first-order valence-corrected chi connectivity index (χ1v) is 5.16. The summed E-state index contributed by atoms with van der Waals surface area (Å²) in [6.07, 6.45) is 0.871. The first-order valence-electron chi connectivity index (χ1n) is 4.78. The number of carboxylic acids is 1. The van der Waals surface area contributed by atoms with E-state index in [0.29, 0.717) is 23.4 Å². The molecule has 5 heteroatoms. The SMILES string of the molecule is COc1cc(F)cc(CCCC(=O)O)c1Cl. The van der Waals surface area contributed by atoms with E-state index < -0.39 is 11.8 Å². The van der Waals surface area contributed by atoms with Crippen LogP contribution in [-0.4, -0.2) is 18.2 Å². The van der Waals surface area contributed by atoms with Crippen LogP contribution in [0.5, 0.6) is 5.75 Å². The molecule has 1 aromatic carbocycles. The van der Waals surface area contributed by atoms with Crippen molar-refractivity contribution in [3.05, 3.63) is 28.5 Å². The van der Waals surface area contributed by atoms with Crippen LogP contribution in [0.3, 0.4) is 0 Å². The van der Waals surface area contributed by atoms with Crippen LogP contribution in [0.4, 0.5) is 4.39 Å². The van der Waals surface area contributed by atoms with Gasteiger partial charge >= 0.3 is 5.97 Å². The van der Waals surface area contributed by atoms with E-state index in [9.17, 15) is 9.18 Å². The Bertz CT molecular complexity index is 393. The monoisotopic (exact) mass is 246 g/mol. The number of hydrogen-bond acceptors (Lipinski definition) is 2. The van der Waals surface area contributed by atoms with Gasteiger partial charge in [0, 0.05) is 12.5 Å². The van der Waals surface area contributed by atoms with Gasteiger partial charge in [-0.15, -0.1) is 0 Å². The number of rotatable bonds is 5. The summed E-state index contributed by atoms with van der Waals surface area (Å²) in [6.45, 7) is 0. The molecule has 16 heavy (non-hydrogen) atoms. The fourth-order valence-electron chi connectivity index (χ4n) is 1.38. The first-order chi connectivity index (χ1) is 7.54. The van der Waals surface area contributed by atoms with E-state index >= 15 is 0 Å². The second-order valence-corrected chi connectivity index (χ2v) is 3.71. The van der Waals surface area contributed by atoms with E-state index in [1.54, 1.807) is 0 Å². The van der Waals surface area contributed by atoms with Gasteiger partial charge in [0.2, 0.25) is 0 Å². The summed E-state index contributed by atoms with van der Waals surface area (Å²) in [7, 11) is 1.40. The van der Waals surface area contributed by atoms with E-state index in [4.69, 9.17) is 21.4 Å². The van der Waals surface area contributed by atoms with Crippen molar-refractivity contribution in [1.29, 1.82) is 0 Å². The highest BCUT2D eigenvalue weighted by Crippen LogP contribution is 2.30. The van der Waals surface area contributed by atoms with Gasteiger partial charge in [-0.3, -0.25) is 4.79 Å². The molecule has 0 atom stereocenters. The van der Waals surface area contributed by atoms with Crippen molar-refractivity contribution in [3.8, 4) is 5.75 Å². The van der Waals surface area contributed by atoms with Crippen LogP contribution in [0.2, 0.25) is 5.02 Å². The molecule has 0 aliphatic heterocycles. The Hall–Kier alpha value is -1.29. The fraction of sp³-hybridized carbons (Fsp3) is 0.364. The number of carboxylic acid groups (broad SMARTS) is 1. The van der Waals surface area contributed by atoms with Gasteiger partial charge in [0.15, 0.2) is 0 Å². The number of aliphatic carboxylic acids is 1. The van der Waals surface area contributed by atoms with Crippen molar-refractivity contribution in [3.63, 3.8) is 0 Å². The summed E-state index contributed by atoms with van der Waals surface area (Å²) in [4.78, 5) is 10.3. The maximum absolute atomic E-state index is 13.1. The first kappa shape index (κ1) is 12.8. The Morgan fingerprint density at radius 1 is 1.56 bits per heavy atom. The minimum Gasteiger partial charge on any atom is -0.495 e. The molecule has 0 amide bonds. The van der Waals surface area contributed by atoms with Gasteiger partial charge in [-0.05, 0) is 24.5 Å². The van der Waals surface area contributed by atoms with E-state index in [2.05, 4.69) is 0 Å². The van der Waals surface area contributed by atoms with Gasteiger partial charge < -0.3 is 9.84 Å². The molecule has 0 fully saturated rings. The zero-order valence-electron chi connectivity index (χ0n) is 8.80. The van der Waals surface area contributed by atoms with Gasteiger partial charge in [-0.2, -0.15) is 0 Å². The third kappa shape index (κ3) is 3.38. The maximum atomic E-state index is 13.1. The lowest BCUT2D eigenvalue weighted by molar-refractivity contribution is -0.137. The van der Waals surface area contributed by atoms with Gasteiger partial charge in [0.25, 0.3) is 0 Å². The Morgan fingerprint density at radius 3 is 2.81 bits per heavy atom. The Balaban J connectivity index is 2.78. The lowest BCUT2D eigenvalue weighted by atomic mass is 10.1. The number of hydrogen-bond donors (Lipinski definition) is 1. The Morgan fingerprint density at radius 2 is 2.25 bits per heavy atom. The lowest BCUT2D eigenvalue weighted by Gasteiger charge is -2.08. The second kappa shape index (κ2) is 5.70. The minimum atomic E-state index is -0.875. The summed E-state index contributed by atoms with van der Waals surface area (Å²) in [5, 5.41) is 8.83. The average Bonchev–Trinajstić information content (AvgIpc) is 2.22. The summed E-state index contributed by atoms with van der Waals surface area (Å²) in [6, 6.07) is 2.50. The van der Waals surface area contributed by atoms with Gasteiger partial charge in [0.1, 0.15) is 11.6 Å². The molecule has 0 unspecified atom stereocenters. The quantitative estimate of drug-likeness (QED) is 0.869. The maximum Gasteiger partial charge on any atom is 0.303 e. The van der Waals surface area contributed by atoms with Crippen molar-refractivity contribution in [2.45, 2.75) is 19.3 Å². The van der Waals surface area contributed by atoms with Crippen LogP contribution >= 0.6 is 11.6 Å². The molecule has 3 nitrogen and oxygen atoms in total. The Kier molecular flexibility index (Phi) is 4.55. The van der Waals surface area contributed by atoms with Gasteiger partial charge in [-0.25, -0.2) is 4.39 Å². The molecule has 0 aromatic heterocycles. The van der Waals surface area contributed by atoms with Crippen molar-refractivity contribution >= 4 is 17.6 Å². The zero-order valence-corrected chi connectivity index (χ0v) is 9.55. The minimum absolute atomic E-state index is 0.0369. The summed E-state index contributed by atoms with van der Waals surface area (Å²) >= 11 is 5.96. The fourth-order valence-corrected chi connectivity index (χ4v) is 1.66. The molecule has 0 heterocycles. The molecular weight excluding hydrogens is 235 g/mol. The molecule has 1 N–H and O–H groups in total. The molecule has 0 saturated carbocycles. The average molecular weight is 247 g/mol. The van der Waals surface area contributed by atoms with E-state index in [0.717, 1.165) is 0 Å². The van der Waals surface area contributed by atoms with Crippen LogP contribution in [0.25, 0.3) is 0 Å². The largest absolute Gasteiger partial charge is 0.495 e. The van der Waals surface area contributed by atoms with Gasteiger partial charge in [-0.1, -0.05) is 11.6 Å². The molecular formula is C11H12ClFO3. The third-order valence-electron chi connectivity index (χ3n) is 2.14. The van der Waals surface area contributed by atoms with Crippen LogP contribution in [0.15, 0.2) is 12.1 Å². The number of ether oxygens (including phenoxy) is 1. The topological polar surface area (TPSA) is 46.5 Å². The predicted molar refractivity (Wildman–Crippen MR) is 58.5 cm³/mol. The number of methoxy groups -OCH3 is 1. The number of carbonyl (C=O) groups is 1. The molecule has 0 bridgehead atoms. The summed E-state index contributed by atoms with van der Waals surface area (Å²) < 4.78 is 18.0. The van der Waals surface area contributed by atoms with Crippen LogP contribution in [0, 0.1) is 5.82 Å². The molecule has 88 valence electrons. The highest BCUT2D eigenvalue weighted by Gasteiger charge is 2.10. The smallest absolute Gasteiger partial charge is 0.303 e. The number of halogens is 2. The van der Waals surface area contributed by atoms with Crippen molar-refractivity contribution in [2.75, 3.05) is 7.11 Å². The summed E-state index contributed by atoms with van der Waals surface area (Å²) in [5.74, 6) is -1.04. The zero-order chi connectivity index (χ0) is 12.1. The second-order valence-electron chi connectivity index (χ2n) is 3.33. The molecule has 0 saturated heterocycles. The highest BCUT2D eigenvalue weighted by atomic mass is 35.5. The van der Waals surface area contributed by atoms with E-state index in [-0.39, 0.29) is 12.2 Å². The number of benzene rings is 1. The normalized spacial score (nSPS) is 10.2.